The van der Waals surface area contributed by atoms with E-state index >= 15 is 0 Å². The minimum atomic E-state index is -0.756. The van der Waals surface area contributed by atoms with Crippen LogP contribution in [0.5, 0.6) is 0 Å². The van der Waals surface area contributed by atoms with Gasteiger partial charge < -0.3 is 19.2 Å². The summed E-state index contributed by atoms with van der Waals surface area (Å²) in [4.78, 5) is 39.2. The van der Waals surface area contributed by atoms with Gasteiger partial charge in [-0.2, -0.15) is 5.26 Å². The highest BCUT2D eigenvalue weighted by Gasteiger charge is 2.35. The van der Waals surface area contributed by atoms with Crippen molar-refractivity contribution in [2.24, 2.45) is 0 Å². The Morgan fingerprint density at radius 2 is 1.94 bits per heavy atom. The first-order valence-corrected chi connectivity index (χ1v) is 10.9. The van der Waals surface area contributed by atoms with Gasteiger partial charge in [-0.05, 0) is 42.8 Å². The van der Waals surface area contributed by atoms with Crippen LogP contribution in [0.4, 0.5) is 11.4 Å². The molecule has 2 amide bonds. The molecular formula is C24H22N4O7. The quantitative estimate of drug-likeness (QED) is 0.285. The van der Waals surface area contributed by atoms with E-state index in [4.69, 9.17) is 9.15 Å². The topological polar surface area (TPSA) is 150 Å². The molecule has 11 nitrogen and oxygen atoms in total. The lowest BCUT2D eigenvalue weighted by atomic mass is 9.95. The van der Waals surface area contributed by atoms with Gasteiger partial charge in [0.15, 0.2) is 0 Å². The molecule has 180 valence electrons. The Labute approximate surface area is 200 Å². The van der Waals surface area contributed by atoms with Crippen molar-refractivity contribution in [3.8, 4) is 17.4 Å². The average Bonchev–Trinajstić information content (AvgIpc) is 3.33. The summed E-state index contributed by atoms with van der Waals surface area (Å²) in [7, 11) is 0. The molecule has 1 N–H and O–H groups in total. The molecule has 0 aliphatic carbocycles. The number of nitro groups is 1. The maximum absolute atomic E-state index is 12.8. The zero-order valence-electron chi connectivity index (χ0n) is 18.9. The minimum Gasteiger partial charge on any atom is -0.457 e. The predicted molar refractivity (Wildman–Crippen MR) is 124 cm³/mol. The van der Waals surface area contributed by atoms with E-state index in [1.165, 1.54) is 19.1 Å². The highest BCUT2D eigenvalue weighted by molar-refractivity contribution is 6.19. The van der Waals surface area contributed by atoms with E-state index in [0.29, 0.717) is 43.3 Å². The number of benzene rings is 1. The zero-order valence-corrected chi connectivity index (χ0v) is 18.9. The van der Waals surface area contributed by atoms with E-state index in [2.05, 4.69) is 0 Å². The van der Waals surface area contributed by atoms with Crippen molar-refractivity contribution < 1.29 is 28.8 Å². The van der Waals surface area contributed by atoms with Crippen molar-refractivity contribution in [3.05, 3.63) is 62.9 Å². The molecule has 1 aromatic heterocycles. The molecule has 1 fully saturated rings. The number of anilines is 1. The number of amides is 2. The number of β-amino-alcohol motifs (C(OH)–C–C–N with tert-alkyl or cyclic N) is 1. The SMILES string of the molecule is CC1=C(C#N)C(=O)N(CCO)C(=O)/C1=C/c1ccc(-c2ccc(N3CCOCC3)c([N+](=O)[O-])c2)o1. The van der Waals surface area contributed by atoms with Gasteiger partial charge in [0.2, 0.25) is 0 Å². The van der Waals surface area contributed by atoms with Crippen molar-refractivity contribution in [2.45, 2.75) is 6.92 Å². The number of ether oxygens (including phenoxy) is 1. The third-order valence-corrected chi connectivity index (χ3v) is 5.87. The Balaban J connectivity index is 1.68. The van der Waals surface area contributed by atoms with Gasteiger partial charge in [0.1, 0.15) is 28.9 Å². The van der Waals surface area contributed by atoms with Gasteiger partial charge in [-0.3, -0.25) is 24.6 Å². The van der Waals surface area contributed by atoms with Gasteiger partial charge in [-0.25, -0.2) is 0 Å². The Kier molecular flexibility index (Phi) is 6.77. The number of hydrogen-bond acceptors (Lipinski definition) is 9. The fourth-order valence-corrected chi connectivity index (χ4v) is 4.06. The van der Waals surface area contributed by atoms with E-state index in [9.17, 15) is 30.1 Å². The van der Waals surface area contributed by atoms with Gasteiger partial charge in [0.05, 0.1) is 31.3 Å². The van der Waals surface area contributed by atoms with Gasteiger partial charge >= 0.3 is 0 Å². The first-order chi connectivity index (χ1) is 16.8. The normalized spacial score (nSPS) is 17.8. The van der Waals surface area contributed by atoms with Crippen LogP contribution in [0.25, 0.3) is 17.4 Å². The summed E-state index contributed by atoms with van der Waals surface area (Å²) >= 11 is 0. The van der Waals surface area contributed by atoms with Crippen molar-refractivity contribution in [1.82, 2.24) is 4.90 Å². The first kappa shape index (κ1) is 23.9. The Bertz CT molecular complexity index is 1300. The molecule has 1 saturated heterocycles. The Morgan fingerprint density at radius 1 is 1.20 bits per heavy atom. The number of furan rings is 1. The van der Waals surface area contributed by atoms with Crippen molar-refractivity contribution in [3.63, 3.8) is 0 Å². The third-order valence-electron chi connectivity index (χ3n) is 5.87. The van der Waals surface area contributed by atoms with Crippen molar-refractivity contribution in [1.29, 1.82) is 5.26 Å². The maximum atomic E-state index is 12.8. The fourth-order valence-electron chi connectivity index (χ4n) is 4.06. The van der Waals surface area contributed by atoms with Crippen LogP contribution in [0.15, 0.2) is 51.5 Å². The molecule has 0 unspecified atom stereocenters. The number of nitrogens with zero attached hydrogens (tertiary/aromatic N) is 4. The van der Waals surface area contributed by atoms with Gasteiger partial charge in [-0.1, -0.05) is 0 Å². The van der Waals surface area contributed by atoms with Crippen LogP contribution in [-0.2, 0) is 14.3 Å². The fraction of sp³-hybridized carbons (Fsp3) is 0.292. The zero-order chi connectivity index (χ0) is 25.1. The van der Waals surface area contributed by atoms with E-state index in [1.54, 1.807) is 24.3 Å². The van der Waals surface area contributed by atoms with Crippen LogP contribution in [0.3, 0.4) is 0 Å². The molecule has 2 aliphatic rings. The molecule has 1 aromatic carbocycles. The summed E-state index contributed by atoms with van der Waals surface area (Å²) in [5.41, 5.74) is 1.03. The third kappa shape index (κ3) is 4.57. The largest absolute Gasteiger partial charge is 0.457 e. The number of imide groups is 1. The lowest BCUT2D eigenvalue weighted by Gasteiger charge is -2.28. The molecule has 0 bridgehead atoms. The number of hydrogen-bond donors (Lipinski definition) is 1. The number of morpholine rings is 1. The van der Waals surface area contributed by atoms with Crippen LogP contribution in [0, 0.1) is 21.4 Å². The maximum Gasteiger partial charge on any atom is 0.293 e. The summed E-state index contributed by atoms with van der Waals surface area (Å²) in [6.07, 6.45) is 1.41. The second kappa shape index (κ2) is 9.92. The number of aliphatic hydroxyl groups is 1. The lowest BCUT2D eigenvalue weighted by molar-refractivity contribution is -0.384. The highest BCUT2D eigenvalue weighted by Crippen LogP contribution is 2.35. The Hall–Kier alpha value is -4.27. The summed E-state index contributed by atoms with van der Waals surface area (Å²) < 4.78 is 11.2. The van der Waals surface area contributed by atoms with Crippen molar-refractivity contribution in [2.75, 3.05) is 44.4 Å². The van der Waals surface area contributed by atoms with E-state index in [-0.39, 0.29) is 34.7 Å². The molecule has 2 aromatic rings. The molecular weight excluding hydrogens is 456 g/mol. The monoisotopic (exact) mass is 478 g/mol. The number of rotatable bonds is 6. The van der Waals surface area contributed by atoms with E-state index in [0.717, 1.165) is 4.90 Å². The predicted octanol–water partition coefficient (Wildman–Crippen LogP) is 2.28. The molecule has 0 radical (unpaired) electrons. The number of carbonyl (C=O) groups is 2. The van der Waals surface area contributed by atoms with Crippen LogP contribution in [-0.4, -0.2) is 66.2 Å². The highest BCUT2D eigenvalue weighted by atomic mass is 16.6. The van der Waals surface area contributed by atoms with Gasteiger partial charge in [0, 0.05) is 30.3 Å². The lowest BCUT2D eigenvalue weighted by Crippen LogP contribution is -2.44. The van der Waals surface area contributed by atoms with Crippen molar-refractivity contribution >= 4 is 29.3 Å². The number of aliphatic hydroxyl groups excluding tert-OH is 1. The van der Waals surface area contributed by atoms with E-state index < -0.39 is 23.3 Å². The van der Waals surface area contributed by atoms with Crippen LogP contribution < -0.4 is 4.90 Å². The standard InChI is InChI=1S/C24H22N4O7/c1-15-18(23(30)27(6-9-29)24(31)19(15)14-25)13-17-3-5-22(35-17)16-2-4-20(21(12-16)28(32)33)26-7-10-34-11-8-26/h2-5,12-13,29H,6-11H2,1H3/b18-13+. The second-order valence-corrected chi connectivity index (χ2v) is 7.92. The molecule has 35 heavy (non-hydrogen) atoms. The molecule has 0 atom stereocenters. The summed E-state index contributed by atoms with van der Waals surface area (Å²) in [5.74, 6) is -0.793. The summed E-state index contributed by atoms with van der Waals surface area (Å²) in [6.45, 7) is 2.92. The average molecular weight is 478 g/mol. The van der Waals surface area contributed by atoms with Gasteiger partial charge in [0.25, 0.3) is 17.5 Å². The minimum absolute atomic E-state index is 0.0567. The van der Waals surface area contributed by atoms with E-state index in [1.807, 2.05) is 11.0 Å². The van der Waals surface area contributed by atoms with Crippen LogP contribution >= 0.6 is 0 Å². The molecule has 11 heteroatoms. The number of nitro benzene ring substituents is 1. The summed E-state index contributed by atoms with van der Waals surface area (Å²) in [5, 5.41) is 30.3. The Morgan fingerprint density at radius 3 is 2.60 bits per heavy atom. The molecule has 4 rings (SSSR count). The molecule has 0 spiro atoms. The molecule has 2 aliphatic heterocycles. The second-order valence-electron chi connectivity index (χ2n) is 7.92. The van der Waals surface area contributed by atoms with Gasteiger partial charge in [-0.15, -0.1) is 0 Å². The summed E-state index contributed by atoms with van der Waals surface area (Å²) in [6, 6.07) is 9.86. The van der Waals surface area contributed by atoms with Crippen LogP contribution in [0.1, 0.15) is 12.7 Å². The number of nitriles is 1. The first-order valence-electron chi connectivity index (χ1n) is 10.9. The number of carbonyl (C=O) groups excluding carboxylic acids is 2. The molecule has 0 saturated carbocycles. The van der Waals surface area contributed by atoms with Crippen LogP contribution in [0.2, 0.25) is 0 Å². The molecule has 3 heterocycles. The smallest absolute Gasteiger partial charge is 0.293 e.